The summed E-state index contributed by atoms with van der Waals surface area (Å²) in [5.74, 6) is 2.47. The maximum absolute atomic E-state index is 6.52. The molecule has 2 aromatic carbocycles. The van der Waals surface area contributed by atoms with Crippen LogP contribution >= 0.6 is 11.6 Å². The van der Waals surface area contributed by atoms with Gasteiger partial charge in [-0.05, 0) is 85.5 Å². The van der Waals surface area contributed by atoms with Crippen LogP contribution in [-0.2, 0) is 18.3 Å². The molecule has 0 N–H and O–H groups in total. The van der Waals surface area contributed by atoms with Gasteiger partial charge in [0.05, 0.1) is 12.6 Å². The number of likely N-dealkylation sites (tertiary alicyclic amines) is 1. The van der Waals surface area contributed by atoms with Crippen LogP contribution in [0, 0.1) is 11.8 Å². The van der Waals surface area contributed by atoms with Crippen LogP contribution in [0.3, 0.4) is 0 Å². The van der Waals surface area contributed by atoms with Gasteiger partial charge in [0.25, 0.3) is 0 Å². The monoisotopic (exact) mass is 432 g/mol. The van der Waals surface area contributed by atoms with Gasteiger partial charge in [-0.15, -0.1) is 0 Å². The van der Waals surface area contributed by atoms with Crippen molar-refractivity contribution >= 4 is 22.5 Å². The molecule has 2 heterocycles. The number of hydrogen-bond acceptors (Lipinski definition) is 3. The zero-order valence-corrected chi connectivity index (χ0v) is 18.9. The maximum atomic E-state index is 6.52. The SMILES string of the molecule is COc1cccc([C@@]23CCN(CC4CC4)C[C@@H]2Cc2cc4c(Cl)cccc4nc2C3)c1. The highest BCUT2D eigenvalue weighted by Crippen LogP contribution is 2.49. The molecule has 3 aromatic rings. The van der Waals surface area contributed by atoms with Crippen molar-refractivity contribution < 1.29 is 4.74 Å². The third-order valence-electron chi connectivity index (χ3n) is 7.92. The molecule has 2 fully saturated rings. The van der Waals surface area contributed by atoms with E-state index in [1.165, 1.54) is 55.7 Å². The molecule has 0 spiro atoms. The lowest BCUT2D eigenvalue weighted by molar-refractivity contribution is 0.0777. The van der Waals surface area contributed by atoms with Gasteiger partial charge >= 0.3 is 0 Å². The molecular weight excluding hydrogens is 404 g/mol. The summed E-state index contributed by atoms with van der Waals surface area (Å²) in [7, 11) is 1.76. The molecule has 2 aliphatic carbocycles. The molecule has 0 amide bonds. The van der Waals surface area contributed by atoms with Crippen molar-refractivity contribution in [3.05, 3.63) is 70.4 Å². The molecule has 6 rings (SSSR count). The Morgan fingerprint density at radius 3 is 2.87 bits per heavy atom. The quantitative estimate of drug-likeness (QED) is 0.531. The molecule has 0 bridgehead atoms. The van der Waals surface area contributed by atoms with Crippen molar-refractivity contribution in [3.8, 4) is 5.75 Å². The summed E-state index contributed by atoms with van der Waals surface area (Å²) in [6.07, 6.45) is 6.09. The molecule has 160 valence electrons. The predicted octanol–water partition coefficient (Wildman–Crippen LogP) is 5.67. The summed E-state index contributed by atoms with van der Waals surface area (Å²) in [6.45, 7) is 3.63. The molecule has 1 saturated carbocycles. The topological polar surface area (TPSA) is 25.4 Å². The molecule has 3 aliphatic rings. The second kappa shape index (κ2) is 7.50. The van der Waals surface area contributed by atoms with E-state index in [4.69, 9.17) is 21.3 Å². The zero-order valence-electron chi connectivity index (χ0n) is 18.1. The van der Waals surface area contributed by atoms with E-state index in [-0.39, 0.29) is 5.41 Å². The molecule has 4 heteroatoms. The second-order valence-corrected chi connectivity index (χ2v) is 10.2. The maximum Gasteiger partial charge on any atom is 0.119 e. The molecule has 0 radical (unpaired) electrons. The van der Waals surface area contributed by atoms with Gasteiger partial charge < -0.3 is 9.64 Å². The first-order valence-corrected chi connectivity index (χ1v) is 12.0. The van der Waals surface area contributed by atoms with Crippen molar-refractivity contribution in [2.75, 3.05) is 26.7 Å². The number of halogens is 1. The molecule has 2 atom stereocenters. The Morgan fingerprint density at radius 1 is 1.16 bits per heavy atom. The van der Waals surface area contributed by atoms with Crippen LogP contribution < -0.4 is 4.74 Å². The molecule has 1 aliphatic heterocycles. The number of methoxy groups -OCH3 is 1. The van der Waals surface area contributed by atoms with E-state index in [9.17, 15) is 0 Å². The Bertz CT molecular complexity index is 1140. The van der Waals surface area contributed by atoms with Crippen LogP contribution in [0.5, 0.6) is 5.75 Å². The van der Waals surface area contributed by atoms with Gasteiger partial charge in [-0.2, -0.15) is 0 Å². The number of hydrogen-bond donors (Lipinski definition) is 0. The number of rotatable bonds is 4. The second-order valence-electron chi connectivity index (χ2n) is 9.82. The minimum atomic E-state index is 0.126. The number of aromatic nitrogens is 1. The molecular formula is C27H29ClN2O. The molecule has 1 aromatic heterocycles. The number of nitrogens with zero attached hydrogens (tertiary/aromatic N) is 2. The Labute approximate surface area is 189 Å². The summed E-state index contributed by atoms with van der Waals surface area (Å²) in [4.78, 5) is 7.86. The van der Waals surface area contributed by atoms with Gasteiger partial charge in [0.15, 0.2) is 0 Å². The summed E-state index contributed by atoms with van der Waals surface area (Å²) in [6, 6.07) is 17.2. The minimum Gasteiger partial charge on any atom is -0.497 e. The van der Waals surface area contributed by atoms with E-state index >= 15 is 0 Å². The van der Waals surface area contributed by atoms with Gasteiger partial charge in [-0.25, -0.2) is 0 Å². The molecule has 3 nitrogen and oxygen atoms in total. The minimum absolute atomic E-state index is 0.126. The highest BCUT2D eigenvalue weighted by atomic mass is 35.5. The molecule has 1 saturated heterocycles. The Balaban J connectivity index is 1.44. The Hall–Kier alpha value is -2.10. The number of ether oxygens (including phenoxy) is 1. The highest BCUT2D eigenvalue weighted by molar-refractivity contribution is 6.35. The fourth-order valence-corrected chi connectivity index (χ4v) is 6.24. The normalized spacial score (nSPS) is 25.8. The van der Waals surface area contributed by atoms with Crippen LogP contribution in [0.4, 0.5) is 0 Å². The lowest BCUT2D eigenvalue weighted by Gasteiger charge is -2.51. The van der Waals surface area contributed by atoms with Crippen molar-refractivity contribution in [2.24, 2.45) is 11.8 Å². The zero-order chi connectivity index (χ0) is 21.0. The van der Waals surface area contributed by atoms with Gasteiger partial charge in [0, 0.05) is 41.0 Å². The lowest BCUT2D eigenvalue weighted by atomic mass is 9.58. The van der Waals surface area contributed by atoms with Crippen molar-refractivity contribution in [3.63, 3.8) is 0 Å². The number of fused-ring (bicyclic) bond motifs is 3. The average Bonchev–Trinajstić information content (AvgIpc) is 3.61. The van der Waals surface area contributed by atoms with Gasteiger partial charge in [-0.1, -0.05) is 29.8 Å². The molecule has 0 unspecified atom stereocenters. The van der Waals surface area contributed by atoms with Crippen LogP contribution in [0.15, 0.2) is 48.5 Å². The number of benzene rings is 2. The van der Waals surface area contributed by atoms with E-state index in [1.807, 2.05) is 12.1 Å². The predicted molar refractivity (Wildman–Crippen MR) is 126 cm³/mol. The van der Waals surface area contributed by atoms with E-state index in [2.05, 4.69) is 41.3 Å². The standard InChI is InChI=1S/C27H29ClN2O/c1-31-22-5-2-4-20(14-22)27-10-11-30(16-18-8-9-18)17-21(27)12-19-13-23-24(28)6-3-7-25(23)29-26(19)15-27/h2-7,13-14,18,21H,8-12,15-17H2,1H3/t21-,27-/m0/s1. The largest absolute Gasteiger partial charge is 0.497 e. The smallest absolute Gasteiger partial charge is 0.119 e. The third kappa shape index (κ3) is 3.43. The first-order chi connectivity index (χ1) is 15.1. The number of piperidine rings is 1. The Morgan fingerprint density at radius 2 is 2.03 bits per heavy atom. The summed E-state index contributed by atoms with van der Waals surface area (Å²) >= 11 is 6.52. The fourth-order valence-electron chi connectivity index (χ4n) is 6.01. The van der Waals surface area contributed by atoms with E-state index in [1.54, 1.807) is 7.11 Å². The van der Waals surface area contributed by atoms with Gasteiger partial charge in [0.2, 0.25) is 0 Å². The van der Waals surface area contributed by atoms with E-state index < -0.39 is 0 Å². The highest BCUT2D eigenvalue weighted by Gasteiger charge is 2.48. The first-order valence-electron chi connectivity index (χ1n) is 11.6. The van der Waals surface area contributed by atoms with Gasteiger partial charge in [0.1, 0.15) is 5.75 Å². The average molecular weight is 433 g/mol. The summed E-state index contributed by atoms with van der Waals surface area (Å²) in [5, 5.41) is 1.89. The van der Waals surface area contributed by atoms with Crippen LogP contribution in [0.25, 0.3) is 10.9 Å². The van der Waals surface area contributed by atoms with Crippen LogP contribution in [0.1, 0.15) is 36.1 Å². The van der Waals surface area contributed by atoms with E-state index in [0.717, 1.165) is 40.4 Å². The van der Waals surface area contributed by atoms with Crippen LogP contribution in [-0.4, -0.2) is 36.6 Å². The summed E-state index contributed by atoms with van der Waals surface area (Å²) in [5.41, 5.74) is 5.20. The number of pyridine rings is 1. The van der Waals surface area contributed by atoms with Crippen molar-refractivity contribution in [1.82, 2.24) is 9.88 Å². The first kappa shape index (κ1) is 19.6. The summed E-state index contributed by atoms with van der Waals surface area (Å²) < 4.78 is 5.60. The van der Waals surface area contributed by atoms with Crippen molar-refractivity contribution in [1.29, 1.82) is 0 Å². The Kier molecular flexibility index (Phi) is 4.73. The molecule has 31 heavy (non-hydrogen) atoms. The van der Waals surface area contributed by atoms with E-state index in [0.29, 0.717) is 5.92 Å². The van der Waals surface area contributed by atoms with Crippen molar-refractivity contribution in [2.45, 2.75) is 37.5 Å². The van der Waals surface area contributed by atoms with Crippen LogP contribution in [0.2, 0.25) is 5.02 Å². The third-order valence-corrected chi connectivity index (χ3v) is 8.25. The lowest BCUT2D eigenvalue weighted by Crippen LogP contribution is -2.54. The van der Waals surface area contributed by atoms with Gasteiger partial charge in [-0.3, -0.25) is 4.98 Å². The fraction of sp³-hybridized carbons (Fsp3) is 0.444.